The van der Waals surface area contributed by atoms with E-state index in [2.05, 4.69) is 34.3 Å². The topological polar surface area (TPSA) is 78.1 Å². The molecule has 158 valence electrons. The number of aromatic nitrogens is 2. The normalized spacial score (nSPS) is 19.2. The number of likely N-dealkylation sites (tertiary alicyclic amines) is 1. The second-order valence-electron chi connectivity index (χ2n) is 8.46. The molecule has 0 bridgehead atoms. The summed E-state index contributed by atoms with van der Waals surface area (Å²) in [7, 11) is 0. The molecule has 0 aliphatic carbocycles. The van der Waals surface area contributed by atoms with Gasteiger partial charge in [0.05, 0.1) is 16.4 Å². The average molecular weight is 425 g/mol. The van der Waals surface area contributed by atoms with Crippen LogP contribution in [0.3, 0.4) is 0 Å². The van der Waals surface area contributed by atoms with Crippen molar-refractivity contribution in [2.45, 2.75) is 40.0 Å². The Morgan fingerprint density at radius 1 is 1.27 bits per heavy atom. The second kappa shape index (κ2) is 8.22. The van der Waals surface area contributed by atoms with Crippen molar-refractivity contribution in [3.05, 3.63) is 51.5 Å². The molecular weight excluding hydrogens is 396 g/mol. The van der Waals surface area contributed by atoms with Crippen LogP contribution in [0.2, 0.25) is 0 Å². The highest BCUT2D eigenvalue weighted by atomic mass is 32.1. The maximum Gasteiger partial charge on any atom is 0.253 e. The van der Waals surface area contributed by atoms with Crippen LogP contribution >= 0.6 is 11.3 Å². The molecule has 2 aromatic heterocycles. The van der Waals surface area contributed by atoms with Crippen LogP contribution in [0.25, 0.3) is 11.0 Å². The highest BCUT2D eigenvalue weighted by Gasteiger charge is 2.39. The summed E-state index contributed by atoms with van der Waals surface area (Å²) in [5.74, 6) is 0.833. The SMILES string of the molecule is Cc1nc2ccc(C(=O)N3CCCC(C)(C(=O)NCCc4ccc(C)s4)C3)cc2[nH]1. The van der Waals surface area contributed by atoms with Crippen LogP contribution in [-0.4, -0.2) is 46.3 Å². The lowest BCUT2D eigenvalue weighted by molar-refractivity contribution is -0.132. The Hall–Kier alpha value is -2.67. The lowest BCUT2D eigenvalue weighted by Gasteiger charge is -2.39. The predicted molar refractivity (Wildman–Crippen MR) is 120 cm³/mol. The molecule has 1 saturated heterocycles. The summed E-state index contributed by atoms with van der Waals surface area (Å²) in [6.07, 6.45) is 2.46. The molecule has 3 aromatic rings. The molecule has 0 spiro atoms. The molecule has 7 heteroatoms. The number of hydrogen-bond donors (Lipinski definition) is 2. The minimum Gasteiger partial charge on any atom is -0.355 e. The van der Waals surface area contributed by atoms with Gasteiger partial charge in [0.15, 0.2) is 0 Å². The Morgan fingerprint density at radius 2 is 2.10 bits per heavy atom. The molecule has 0 saturated carbocycles. The highest BCUT2D eigenvalue weighted by Crippen LogP contribution is 2.31. The fraction of sp³-hybridized carbons (Fsp3) is 0.435. The minimum absolute atomic E-state index is 0.0306. The standard InChI is InChI=1S/C23H28N4O2S/c1-15-5-7-18(30-15)9-11-24-22(29)23(3)10-4-12-27(14-23)21(28)17-6-8-19-20(13-17)26-16(2)25-19/h5-8,13H,4,9-12,14H2,1-3H3,(H,24,29)(H,25,26). The zero-order valence-corrected chi connectivity index (χ0v) is 18.6. The first-order chi connectivity index (χ1) is 14.3. The van der Waals surface area contributed by atoms with E-state index in [9.17, 15) is 9.59 Å². The lowest BCUT2D eigenvalue weighted by Crippen LogP contribution is -2.52. The Balaban J connectivity index is 1.40. The molecule has 1 unspecified atom stereocenters. The number of amides is 2. The van der Waals surface area contributed by atoms with Crippen molar-refractivity contribution >= 4 is 34.2 Å². The van der Waals surface area contributed by atoms with Gasteiger partial charge in [0.2, 0.25) is 5.91 Å². The number of thiophene rings is 1. The van der Waals surface area contributed by atoms with Crippen LogP contribution in [-0.2, 0) is 11.2 Å². The van der Waals surface area contributed by atoms with E-state index in [4.69, 9.17) is 0 Å². The van der Waals surface area contributed by atoms with Gasteiger partial charge >= 0.3 is 0 Å². The van der Waals surface area contributed by atoms with Crippen molar-refractivity contribution < 1.29 is 9.59 Å². The number of imidazole rings is 1. The second-order valence-corrected chi connectivity index (χ2v) is 9.84. The smallest absolute Gasteiger partial charge is 0.253 e. The molecule has 3 heterocycles. The number of rotatable bonds is 5. The van der Waals surface area contributed by atoms with E-state index in [0.29, 0.717) is 25.2 Å². The molecule has 2 N–H and O–H groups in total. The summed E-state index contributed by atoms with van der Waals surface area (Å²) in [5.41, 5.74) is 1.78. The molecule has 0 radical (unpaired) electrons. The number of aromatic amines is 1. The van der Waals surface area contributed by atoms with Gasteiger partial charge in [-0.25, -0.2) is 4.98 Å². The third kappa shape index (κ3) is 4.26. The number of H-pyrrole nitrogens is 1. The van der Waals surface area contributed by atoms with E-state index in [1.54, 1.807) is 11.3 Å². The van der Waals surface area contributed by atoms with Gasteiger partial charge in [-0.3, -0.25) is 9.59 Å². The summed E-state index contributed by atoms with van der Waals surface area (Å²) in [6.45, 7) is 7.70. The summed E-state index contributed by atoms with van der Waals surface area (Å²) >= 11 is 1.77. The molecule has 1 aliphatic heterocycles. The summed E-state index contributed by atoms with van der Waals surface area (Å²) in [5, 5.41) is 3.09. The molecule has 2 amide bonds. The van der Waals surface area contributed by atoms with Crippen LogP contribution < -0.4 is 5.32 Å². The number of nitrogens with zero attached hydrogens (tertiary/aromatic N) is 2. The number of hydrogen-bond acceptors (Lipinski definition) is 4. The number of piperidine rings is 1. The maximum atomic E-state index is 13.1. The fourth-order valence-electron chi connectivity index (χ4n) is 4.18. The van der Waals surface area contributed by atoms with Gasteiger partial charge in [0.25, 0.3) is 5.91 Å². The van der Waals surface area contributed by atoms with Gasteiger partial charge in [0.1, 0.15) is 5.82 Å². The first-order valence-corrected chi connectivity index (χ1v) is 11.2. The Kier molecular flexibility index (Phi) is 5.64. The summed E-state index contributed by atoms with van der Waals surface area (Å²) in [4.78, 5) is 38.0. The number of nitrogens with one attached hydrogen (secondary N) is 2. The minimum atomic E-state index is -0.562. The molecule has 4 rings (SSSR count). The predicted octanol–water partition coefficient (Wildman–Crippen LogP) is 3.84. The van der Waals surface area contributed by atoms with Gasteiger partial charge < -0.3 is 15.2 Å². The van der Waals surface area contributed by atoms with Gasteiger partial charge in [-0.15, -0.1) is 11.3 Å². The van der Waals surface area contributed by atoms with Crippen LogP contribution in [0.5, 0.6) is 0 Å². The quantitative estimate of drug-likeness (QED) is 0.653. The van der Waals surface area contributed by atoms with E-state index in [1.165, 1.54) is 9.75 Å². The largest absolute Gasteiger partial charge is 0.355 e. The van der Waals surface area contributed by atoms with E-state index in [-0.39, 0.29) is 11.8 Å². The molecular formula is C23H28N4O2S. The number of aryl methyl sites for hydroxylation is 2. The monoisotopic (exact) mass is 424 g/mol. The molecule has 1 aliphatic rings. The Morgan fingerprint density at radius 3 is 2.87 bits per heavy atom. The van der Waals surface area contributed by atoms with Crippen LogP contribution in [0.15, 0.2) is 30.3 Å². The van der Waals surface area contributed by atoms with Crippen molar-refractivity contribution in [3.8, 4) is 0 Å². The molecule has 6 nitrogen and oxygen atoms in total. The van der Waals surface area contributed by atoms with Crippen molar-refractivity contribution in [3.63, 3.8) is 0 Å². The van der Waals surface area contributed by atoms with Gasteiger partial charge in [-0.1, -0.05) is 0 Å². The van der Waals surface area contributed by atoms with Crippen LogP contribution in [0.1, 0.15) is 45.7 Å². The van der Waals surface area contributed by atoms with Crippen LogP contribution in [0.4, 0.5) is 0 Å². The first-order valence-electron chi connectivity index (χ1n) is 10.4. The zero-order valence-electron chi connectivity index (χ0n) is 17.7. The van der Waals surface area contributed by atoms with E-state index < -0.39 is 5.41 Å². The van der Waals surface area contributed by atoms with Gasteiger partial charge in [-0.05, 0) is 70.4 Å². The molecule has 1 aromatic carbocycles. The Bertz CT molecular complexity index is 1090. The van der Waals surface area contributed by atoms with Gasteiger partial charge in [-0.2, -0.15) is 0 Å². The van der Waals surface area contributed by atoms with E-state index in [0.717, 1.165) is 36.1 Å². The number of carbonyl (C=O) groups excluding carboxylic acids is 2. The highest BCUT2D eigenvalue weighted by molar-refractivity contribution is 7.11. The molecule has 30 heavy (non-hydrogen) atoms. The molecule has 1 atom stereocenters. The number of carbonyl (C=O) groups is 2. The van der Waals surface area contributed by atoms with E-state index >= 15 is 0 Å². The van der Waals surface area contributed by atoms with Crippen molar-refractivity contribution in [1.29, 1.82) is 0 Å². The zero-order chi connectivity index (χ0) is 21.3. The van der Waals surface area contributed by atoms with Gasteiger partial charge in [0, 0.05) is 35.0 Å². The summed E-state index contributed by atoms with van der Waals surface area (Å²) in [6, 6.07) is 9.77. The maximum absolute atomic E-state index is 13.1. The van der Waals surface area contributed by atoms with Crippen molar-refractivity contribution in [2.75, 3.05) is 19.6 Å². The number of fused-ring (bicyclic) bond motifs is 1. The summed E-state index contributed by atoms with van der Waals surface area (Å²) < 4.78 is 0. The Labute approximate surface area is 180 Å². The third-order valence-electron chi connectivity index (χ3n) is 5.83. The lowest BCUT2D eigenvalue weighted by atomic mass is 9.80. The van der Waals surface area contributed by atoms with E-state index in [1.807, 2.05) is 36.9 Å². The first kappa shape index (κ1) is 20.6. The third-order valence-corrected chi connectivity index (χ3v) is 6.89. The number of benzene rings is 1. The van der Waals surface area contributed by atoms with Crippen LogP contribution in [0, 0.1) is 19.3 Å². The average Bonchev–Trinajstić information content (AvgIpc) is 3.30. The van der Waals surface area contributed by atoms with Crippen molar-refractivity contribution in [1.82, 2.24) is 20.2 Å². The fourth-order valence-corrected chi connectivity index (χ4v) is 5.07. The van der Waals surface area contributed by atoms with Crippen molar-refractivity contribution in [2.24, 2.45) is 5.41 Å². The molecule has 1 fully saturated rings.